The summed E-state index contributed by atoms with van der Waals surface area (Å²) in [6, 6.07) is 5.71. The van der Waals surface area contributed by atoms with Crippen molar-refractivity contribution in [3.8, 4) is 0 Å². The predicted octanol–water partition coefficient (Wildman–Crippen LogP) is 5.44. The van der Waals surface area contributed by atoms with Gasteiger partial charge in [-0.25, -0.2) is 0 Å². The molecule has 0 saturated heterocycles. The molecule has 2 rings (SSSR count). The Morgan fingerprint density at radius 3 is 2.42 bits per heavy atom. The highest BCUT2D eigenvalue weighted by molar-refractivity contribution is 9.10. The zero-order chi connectivity index (χ0) is 14.0. The van der Waals surface area contributed by atoms with Gasteiger partial charge < -0.3 is 9.73 Å². The average molecular weight is 399 g/mol. The van der Waals surface area contributed by atoms with Gasteiger partial charge in [-0.15, -0.1) is 0 Å². The van der Waals surface area contributed by atoms with E-state index in [1.807, 2.05) is 0 Å². The Balaban J connectivity index is 2.16. The van der Waals surface area contributed by atoms with Crippen LogP contribution < -0.4 is 5.32 Å². The van der Waals surface area contributed by atoms with Crippen molar-refractivity contribution in [2.24, 2.45) is 0 Å². The van der Waals surface area contributed by atoms with Crippen molar-refractivity contribution in [3.63, 3.8) is 0 Å². The summed E-state index contributed by atoms with van der Waals surface area (Å²) in [7, 11) is 0. The van der Waals surface area contributed by atoms with Gasteiger partial charge in [0.25, 0.3) is 0 Å². The van der Waals surface area contributed by atoms with Crippen molar-refractivity contribution in [2.45, 2.75) is 12.7 Å². The van der Waals surface area contributed by atoms with Crippen molar-refractivity contribution in [3.05, 3.63) is 50.8 Å². The smallest absolute Gasteiger partial charge is 0.417 e. The Labute approximate surface area is 124 Å². The van der Waals surface area contributed by atoms with Gasteiger partial charge in [-0.2, -0.15) is 13.2 Å². The maximum absolute atomic E-state index is 12.7. The van der Waals surface area contributed by atoms with Gasteiger partial charge in [0.1, 0.15) is 5.76 Å². The van der Waals surface area contributed by atoms with Crippen LogP contribution >= 0.6 is 31.9 Å². The molecule has 0 bridgehead atoms. The van der Waals surface area contributed by atoms with Crippen LogP contribution in [-0.2, 0) is 12.7 Å². The van der Waals surface area contributed by atoms with Crippen molar-refractivity contribution in [1.29, 1.82) is 0 Å². The molecule has 0 amide bonds. The minimum Gasteiger partial charge on any atom is -0.466 e. The number of rotatable bonds is 3. The maximum Gasteiger partial charge on any atom is 0.417 e. The first-order chi connectivity index (χ1) is 8.88. The van der Waals surface area contributed by atoms with E-state index < -0.39 is 11.7 Å². The number of benzene rings is 1. The lowest BCUT2D eigenvalue weighted by molar-refractivity contribution is -0.138. The van der Waals surface area contributed by atoms with Crippen molar-refractivity contribution < 1.29 is 17.6 Å². The van der Waals surface area contributed by atoms with E-state index in [0.717, 1.165) is 10.5 Å². The molecule has 1 aromatic carbocycles. The van der Waals surface area contributed by atoms with E-state index in [-0.39, 0.29) is 4.47 Å². The van der Waals surface area contributed by atoms with Gasteiger partial charge in [0.05, 0.1) is 22.8 Å². The largest absolute Gasteiger partial charge is 0.466 e. The van der Waals surface area contributed by atoms with Crippen molar-refractivity contribution in [1.82, 2.24) is 0 Å². The first kappa shape index (κ1) is 14.5. The Bertz CT molecular complexity index is 581. The van der Waals surface area contributed by atoms with Crippen LogP contribution in [0, 0.1) is 0 Å². The van der Waals surface area contributed by atoms with E-state index in [4.69, 9.17) is 4.42 Å². The molecule has 0 aliphatic rings. The summed E-state index contributed by atoms with van der Waals surface area (Å²) in [5.74, 6) is 0.622. The number of alkyl halides is 3. The van der Waals surface area contributed by atoms with Crippen LogP contribution in [0.5, 0.6) is 0 Å². The summed E-state index contributed by atoms with van der Waals surface area (Å²) < 4.78 is 44.1. The summed E-state index contributed by atoms with van der Waals surface area (Å²) in [6.45, 7) is 0.298. The molecule has 1 aromatic heterocycles. The molecule has 102 valence electrons. The molecule has 0 spiro atoms. The molecule has 1 N–H and O–H groups in total. The molecule has 0 saturated carbocycles. The lowest BCUT2D eigenvalue weighted by atomic mass is 10.2. The third-order valence-corrected chi connectivity index (χ3v) is 3.81. The van der Waals surface area contributed by atoms with Gasteiger partial charge in [0.15, 0.2) is 0 Å². The summed E-state index contributed by atoms with van der Waals surface area (Å²) in [6.07, 6.45) is -2.88. The maximum atomic E-state index is 12.7. The van der Waals surface area contributed by atoms with Gasteiger partial charge in [0, 0.05) is 10.2 Å². The molecule has 1 heterocycles. The van der Waals surface area contributed by atoms with Crippen molar-refractivity contribution in [2.75, 3.05) is 5.32 Å². The van der Waals surface area contributed by atoms with Crippen molar-refractivity contribution >= 4 is 37.5 Å². The summed E-state index contributed by atoms with van der Waals surface area (Å²) in [5.41, 5.74) is -0.338. The van der Waals surface area contributed by atoms with Crippen LogP contribution in [0.1, 0.15) is 11.3 Å². The molecule has 0 aliphatic heterocycles. The standard InChI is InChI=1S/C12H8Br2F3NO/c13-9-2-1-7(5-8(9)12(15,16)17)18-6-11-10(14)3-4-19-11/h1-5,18H,6H2. The zero-order valence-corrected chi connectivity index (χ0v) is 12.6. The van der Waals surface area contributed by atoms with E-state index in [1.165, 1.54) is 12.3 Å². The number of anilines is 1. The van der Waals surface area contributed by atoms with E-state index in [2.05, 4.69) is 37.2 Å². The fourth-order valence-electron chi connectivity index (χ4n) is 1.49. The van der Waals surface area contributed by atoms with Gasteiger partial charge in [-0.3, -0.25) is 0 Å². The summed E-state index contributed by atoms with van der Waals surface area (Å²) in [5, 5.41) is 2.88. The molecular formula is C12H8Br2F3NO. The van der Waals surface area contributed by atoms with Crippen LogP contribution in [0.2, 0.25) is 0 Å². The summed E-state index contributed by atoms with van der Waals surface area (Å²) >= 11 is 6.17. The highest BCUT2D eigenvalue weighted by Crippen LogP contribution is 2.36. The molecule has 0 aliphatic carbocycles. The lowest BCUT2D eigenvalue weighted by Gasteiger charge is -2.12. The number of hydrogen-bond donors (Lipinski definition) is 1. The molecular weight excluding hydrogens is 391 g/mol. The summed E-state index contributed by atoms with van der Waals surface area (Å²) in [4.78, 5) is 0. The first-order valence-electron chi connectivity index (χ1n) is 5.20. The van der Waals surface area contributed by atoms with Crippen LogP contribution in [0.25, 0.3) is 0 Å². The van der Waals surface area contributed by atoms with E-state index in [9.17, 15) is 13.2 Å². The molecule has 0 unspecified atom stereocenters. The van der Waals surface area contributed by atoms with Gasteiger partial charge in [0.2, 0.25) is 0 Å². The Morgan fingerprint density at radius 1 is 1.11 bits per heavy atom. The molecule has 2 nitrogen and oxygen atoms in total. The molecule has 0 atom stereocenters. The van der Waals surface area contributed by atoms with Crippen LogP contribution in [-0.4, -0.2) is 0 Å². The van der Waals surface area contributed by atoms with E-state index in [1.54, 1.807) is 12.1 Å². The third-order valence-electron chi connectivity index (χ3n) is 2.42. The predicted molar refractivity (Wildman–Crippen MR) is 72.9 cm³/mol. The second kappa shape index (κ2) is 5.58. The molecule has 0 radical (unpaired) electrons. The Kier molecular flexibility index (Phi) is 4.25. The highest BCUT2D eigenvalue weighted by Gasteiger charge is 2.33. The number of hydrogen-bond acceptors (Lipinski definition) is 2. The van der Waals surface area contributed by atoms with Crippen LogP contribution in [0.4, 0.5) is 18.9 Å². The molecule has 2 aromatic rings. The normalized spacial score (nSPS) is 11.6. The number of furan rings is 1. The zero-order valence-electron chi connectivity index (χ0n) is 9.39. The Morgan fingerprint density at radius 2 is 1.84 bits per heavy atom. The van der Waals surface area contributed by atoms with Gasteiger partial charge in [-0.1, -0.05) is 15.9 Å². The van der Waals surface area contributed by atoms with E-state index >= 15 is 0 Å². The topological polar surface area (TPSA) is 25.2 Å². The second-order valence-corrected chi connectivity index (χ2v) is 5.45. The lowest BCUT2D eigenvalue weighted by Crippen LogP contribution is -2.07. The SMILES string of the molecule is FC(F)(F)c1cc(NCc2occc2Br)ccc1Br. The fourth-order valence-corrected chi connectivity index (χ4v) is 2.30. The number of halogens is 5. The third kappa shape index (κ3) is 3.54. The Hall–Kier alpha value is -0.950. The molecule has 7 heteroatoms. The quantitative estimate of drug-likeness (QED) is 0.745. The average Bonchev–Trinajstić information content (AvgIpc) is 2.72. The second-order valence-electron chi connectivity index (χ2n) is 3.74. The van der Waals surface area contributed by atoms with E-state index in [0.29, 0.717) is 18.0 Å². The molecule has 19 heavy (non-hydrogen) atoms. The van der Waals surface area contributed by atoms with Gasteiger partial charge >= 0.3 is 6.18 Å². The fraction of sp³-hybridized carbons (Fsp3) is 0.167. The first-order valence-corrected chi connectivity index (χ1v) is 6.79. The molecule has 0 fully saturated rings. The van der Waals surface area contributed by atoms with Crippen LogP contribution in [0.3, 0.4) is 0 Å². The number of nitrogens with one attached hydrogen (secondary N) is 1. The highest BCUT2D eigenvalue weighted by atomic mass is 79.9. The van der Waals surface area contributed by atoms with Gasteiger partial charge in [-0.05, 0) is 40.2 Å². The minimum absolute atomic E-state index is 0.0183. The monoisotopic (exact) mass is 397 g/mol. The van der Waals surface area contributed by atoms with Crippen LogP contribution in [0.15, 0.2) is 43.9 Å². The minimum atomic E-state index is -4.39.